The Labute approximate surface area is 190 Å². The lowest BCUT2D eigenvalue weighted by atomic mass is 10.2. The summed E-state index contributed by atoms with van der Waals surface area (Å²) >= 11 is 5.77. The number of halogens is 2. The first kappa shape index (κ1) is 22.0. The molecule has 1 amide bonds. The number of nitrogens with one attached hydrogen (secondary N) is 1. The van der Waals surface area contributed by atoms with Gasteiger partial charge in [0.15, 0.2) is 9.84 Å². The van der Waals surface area contributed by atoms with Gasteiger partial charge in [-0.25, -0.2) is 12.8 Å². The minimum atomic E-state index is -3.65. The quantitative estimate of drug-likeness (QED) is 0.412. The van der Waals surface area contributed by atoms with E-state index in [1.807, 2.05) is 25.1 Å². The van der Waals surface area contributed by atoms with Gasteiger partial charge in [0, 0.05) is 22.8 Å². The molecule has 3 aromatic carbocycles. The Bertz CT molecular complexity index is 1430. The van der Waals surface area contributed by atoms with E-state index in [2.05, 4.69) is 5.32 Å². The summed E-state index contributed by atoms with van der Waals surface area (Å²) in [5.41, 5.74) is 2.67. The molecule has 0 unspecified atom stereocenters. The SMILES string of the molecule is Cc1cccc(CS(=O)(=O)c2cn(CC(=O)Nc3ccc(F)c(Cl)c3)c3ccccc23)c1. The number of nitrogens with zero attached hydrogens (tertiary/aromatic N) is 1. The Hall–Kier alpha value is -3.16. The standard InChI is InChI=1S/C24H20ClFN2O3S/c1-16-5-4-6-17(11-16)15-32(30,31)23-13-28(22-8-3-2-7-19(22)23)14-24(29)27-18-9-10-21(26)20(25)12-18/h2-13H,14-15H2,1H3,(H,27,29). The molecule has 0 aliphatic carbocycles. The average molecular weight is 471 g/mol. The lowest BCUT2D eigenvalue weighted by Gasteiger charge is -2.08. The van der Waals surface area contributed by atoms with Crippen molar-refractivity contribution in [3.05, 3.63) is 94.9 Å². The monoisotopic (exact) mass is 470 g/mol. The Morgan fingerprint density at radius 3 is 2.59 bits per heavy atom. The molecule has 0 aliphatic heterocycles. The van der Waals surface area contributed by atoms with Crippen molar-refractivity contribution in [2.75, 3.05) is 5.32 Å². The summed E-state index contributed by atoms with van der Waals surface area (Å²) in [6.07, 6.45) is 1.49. The molecule has 5 nitrogen and oxygen atoms in total. The van der Waals surface area contributed by atoms with Crippen LogP contribution in [0.15, 0.2) is 77.8 Å². The second-order valence-corrected chi connectivity index (χ2v) is 9.93. The molecule has 0 saturated carbocycles. The fraction of sp³-hybridized carbons (Fsp3) is 0.125. The van der Waals surface area contributed by atoms with E-state index in [-0.39, 0.29) is 22.2 Å². The van der Waals surface area contributed by atoms with E-state index in [1.54, 1.807) is 34.9 Å². The number of carbonyl (C=O) groups excluding carboxylic acids is 1. The highest BCUT2D eigenvalue weighted by molar-refractivity contribution is 7.90. The van der Waals surface area contributed by atoms with Crippen LogP contribution in [0, 0.1) is 12.7 Å². The van der Waals surface area contributed by atoms with Crippen molar-refractivity contribution < 1.29 is 17.6 Å². The van der Waals surface area contributed by atoms with Crippen LogP contribution < -0.4 is 5.32 Å². The summed E-state index contributed by atoms with van der Waals surface area (Å²) in [7, 11) is -3.65. The molecule has 0 spiro atoms. The van der Waals surface area contributed by atoms with Crippen LogP contribution in [0.3, 0.4) is 0 Å². The molecular weight excluding hydrogens is 451 g/mol. The molecule has 0 radical (unpaired) electrons. The Morgan fingerprint density at radius 1 is 1.06 bits per heavy atom. The van der Waals surface area contributed by atoms with Gasteiger partial charge in [-0.1, -0.05) is 59.6 Å². The fourth-order valence-corrected chi connectivity index (χ4v) is 5.37. The van der Waals surface area contributed by atoms with Crippen molar-refractivity contribution in [2.24, 2.45) is 0 Å². The Morgan fingerprint density at radius 2 is 1.84 bits per heavy atom. The van der Waals surface area contributed by atoms with Crippen molar-refractivity contribution in [1.29, 1.82) is 0 Å². The van der Waals surface area contributed by atoms with Crippen LogP contribution in [0.4, 0.5) is 10.1 Å². The lowest BCUT2D eigenvalue weighted by Crippen LogP contribution is -2.18. The van der Waals surface area contributed by atoms with E-state index in [1.165, 1.54) is 24.4 Å². The summed E-state index contributed by atoms with van der Waals surface area (Å²) in [5, 5.41) is 3.11. The maximum Gasteiger partial charge on any atom is 0.244 e. The number of carbonyl (C=O) groups is 1. The molecule has 164 valence electrons. The first-order valence-corrected chi connectivity index (χ1v) is 11.9. The highest BCUT2D eigenvalue weighted by atomic mass is 35.5. The number of amides is 1. The zero-order valence-corrected chi connectivity index (χ0v) is 18.8. The van der Waals surface area contributed by atoms with E-state index in [0.29, 0.717) is 22.2 Å². The summed E-state index contributed by atoms with van der Waals surface area (Å²) in [4.78, 5) is 12.8. The van der Waals surface area contributed by atoms with Crippen molar-refractivity contribution in [2.45, 2.75) is 24.1 Å². The molecule has 8 heteroatoms. The molecule has 1 aromatic heterocycles. The predicted molar refractivity (Wildman–Crippen MR) is 124 cm³/mol. The maximum absolute atomic E-state index is 13.3. The van der Waals surface area contributed by atoms with Crippen LogP contribution in [0.1, 0.15) is 11.1 Å². The van der Waals surface area contributed by atoms with Crippen LogP contribution in [-0.2, 0) is 26.9 Å². The summed E-state index contributed by atoms with van der Waals surface area (Å²) in [5.74, 6) is -1.11. The molecule has 32 heavy (non-hydrogen) atoms. The zero-order valence-electron chi connectivity index (χ0n) is 17.2. The molecule has 0 bridgehead atoms. The molecule has 0 aliphatic rings. The van der Waals surface area contributed by atoms with Crippen molar-refractivity contribution in [3.8, 4) is 0 Å². The number of benzene rings is 3. The fourth-order valence-electron chi connectivity index (χ4n) is 3.62. The van der Waals surface area contributed by atoms with Gasteiger partial charge in [0.2, 0.25) is 5.91 Å². The summed E-state index contributed by atoms with van der Waals surface area (Å²) in [6.45, 7) is 1.80. The first-order chi connectivity index (χ1) is 15.2. The van der Waals surface area contributed by atoms with Gasteiger partial charge in [-0.2, -0.15) is 0 Å². The molecule has 0 atom stereocenters. The van der Waals surface area contributed by atoms with E-state index in [9.17, 15) is 17.6 Å². The molecule has 0 fully saturated rings. The second-order valence-electron chi connectivity index (χ2n) is 7.56. The van der Waals surface area contributed by atoms with Crippen LogP contribution in [0.5, 0.6) is 0 Å². The van der Waals surface area contributed by atoms with Crippen molar-refractivity contribution in [3.63, 3.8) is 0 Å². The number of rotatable bonds is 6. The van der Waals surface area contributed by atoms with E-state index in [0.717, 1.165) is 5.56 Å². The molecule has 1 heterocycles. The number of anilines is 1. The lowest BCUT2D eigenvalue weighted by molar-refractivity contribution is -0.116. The average Bonchev–Trinajstić information content (AvgIpc) is 3.10. The first-order valence-electron chi connectivity index (χ1n) is 9.84. The highest BCUT2D eigenvalue weighted by Crippen LogP contribution is 2.28. The molecule has 0 saturated heterocycles. The van der Waals surface area contributed by atoms with Gasteiger partial charge >= 0.3 is 0 Å². The number of sulfone groups is 1. The van der Waals surface area contributed by atoms with Gasteiger partial charge in [-0.15, -0.1) is 0 Å². The minimum Gasteiger partial charge on any atom is -0.337 e. The number of aryl methyl sites for hydroxylation is 1. The number of para-hydroxylation sites is 1. The van der Waals surface area contributed by atoms with Crippen molar-refractivity contribution in [1.82, 2.24) is 4.57 Å². The largest absolute Gasteiger partial charge is 0.337 e. The van der Waals surface area contributed by atoms with Gasteiger partial charge < -0.3 is 9.88 Å². The van der Waals surface area contributed by atoms with E-state index < -0.39 is 21.6 Å². The third-order valence-electron chi connectivity index (χ3n) is 5.04. The smallest absolute Gasteiger partial charge is 0.244 e. The van der Waals surface area contributed by atoms with E-state index >= 15 is 0 Å². The third kappa shape index (κ3) is 4.69. The molecular formula is C24H20ClFN2O3S. The molecule has 4 rings (SSSR count). The van der Waals surface area contributed by atoms with Crippen LogP contribution in [0.2, 0.25) is 5.02 Å². The molecule has 1 N–H and O–H groups in total. The van der Waals surface area contributed by atoms with Crippen molar-refractivity contribution >= 4 is 43.9 Å². The molecule has 4 aromatic rings. The Kier molecular flexibility index (Phi) is 6.04. The van der Waals surface area contributed by atoms with Gasteiger partial charge in [-0.05, 0) is 36.8 Å². The van der Waals surface area contributed by atoms with Gasteiger partial charge in [0.25, 0.3) is 0 Å². The van der Waals surface area contributed by atoms with Gasteiger partial charge in [0.1, 0.15) is 12.4 Å². The number of hydrogen-bond donors (Lipinski definition) is 1. The van der Waals surface area contributed by atoms with E-state index in [4.69, 9.17) is 11.6 Å². The van der Waals surface area contributed by atoms with Gasteiger partial charge in [0.05, 0.1) is 15.7 Å². The van der Waals surface area contributed by atoms with Gasteiger partial charge in [-0.3, -0.25) is 4.79 Å². The zero-order chi connectivity index (χ0) is 22.9. The van der Waals surface area contributed by atoms with Crippen LogP contribution in [0.25, 0.3) is 10.9 Å². The second kappa shape index (κ2) is 8.76. The minimum absolute atomic E-state index is 0.0984. The van der Waals surface area contributed by atoms with Crippen LogP contribution >= 0.6 is 11.6 Å². The normalized spacial score (nSPS) is 11.6. The predicted octanol–water partition coefficient (Wildman–Crippen LogP) is 5.35. The summed E-state index contributed by atoms with van der Waals surface area (Å²) in [6, 6.07) is 18.3. The maximum atomic E-state index is 13.3. The van der Waals surface area contributed by atoms with Crippen LogP contribution in [-0.4, -0.2) is 18.9 Å². The summed E-state index contributed by atoms with van der Waals surface area (Å²) < 4.78 is 41.4. The Balaban J connectivity index is 1.63. The number of aromatic nitrogens is 1. The highest BCUT2D eigenvalue weighted by Gasteiger charge is 2.22. The third-order valence-corrected chi connectivity index (χ3v) is 7.04. The number of hydrogen-bond acceptors (Lipinski definition) is 3. The topological polar surface area (TPSA) is 68.2 Å². The number of fused-ring (bicyclic) bond motifs is 1.